The Morgan fingerprint density at radius 2 is 1.61 bits per heavy atom. The molecule has 6 nitrogen and oxygen atoms in total. The van der Waals surface area contributed by atoms with Crippen LogP contribution in [0.15, 0.2) is 48.5 Å². The molecule has 0 saturated carbocycles. The number of amides is 2. The summed E-state index contributed by atoms with van der Waals surface area (Å²) in [6.07, 6.45) is 1.96. The van der Waals surface area contributed by atoms with Gasteiger partial charge >= 0.3 is 5.97 Å². The molecule has 0 spiro atoms. The minimum atomic E-state index is -0.491. The van der Waals surface area contributed by atoms with Crippen molar-refractivity contribution in [2.45, 2.75) is 26.7 Å². The van der Waals surface area contributed by atoms with E-state index in [1.807, 2.05) is 0 Å². The lowest BCUT2D eigenvalue weighted by atomic mass is 10.1. The number of esters is 1. The average Bonchev–Trinajstić information content (AvgIpc) is 2.72. The fourth-order valence-electron chi connectivity index (χ4n) is 2.65. The van der Waals surface area contributed by atoms with Crippen molar-refractivity contribution in [3.63, 3.8) is 0 Å². The van der Waals surface area contributed by atoms with E-state index in [0.29, 0.717) is 28.9 Å². The van der Waals surface area contributed by atoms with Gasteiger partial charge in [0.15, 0.2) is 0 Å². The highest BCUT2D eigenvalue weighted by Crippen LogP contribution is 2.18. The Labute approximate surface area is 165 Å². The summed E-state index contributed by atoms with van der Waals surface area (Å²) in [6, 6.07) is 13.1. The van der Waals surface area contributed by atoms with Crippen molar-refractivity contribution >= 4 is 23.5 Å². The predicted octanol–water partition coefficient (Wildman–Crippen LogP) is 3.99. The fraction of sp³-hybridized carbons (Fsp3) is 0.318. The molecule has 0 radical (unpaired) electrons. The number of hydrogen-bond donors (Lipinski definition) is 1. The van der Waals surface area contributed by atoms with Crippen LogP contribution in [-0.4, -0.2) is 42.9 Å². The zero-order valence-corrected chi connectivity index (χ0v) is 16.5. The quantitative estimate of drug-likeness (QED) is 0.701. The summed E-state index contributed by atoms with van der Waals surface area (Å²) in [6.45, 7) is 4.75. The lowest BCUT2D eigenvalue weighted by Crippen LogP contribution is -2.27. The van der Waals surface area contributed by atoms with E-state index in [1.54, 1.807) is 67.4 Å². The van der Waals surface area contributed by atoms with Crippen LogP contribution >= 0.6 is 0 Å². The third kappa shape index (κ3) is 5.42. The minimum absolute atomic E-state index is 0.0759. The van der Waals surface area contributed by atoms with Crippen molar-refractivity contribution in [3.8, 4) is 0 Å². The number of carbonyl (C=O) groups excluding carboxylic acids is 3. The van der Waals surface area contributed by atoms with Gasteiger partial charge in [-0.2, -0.15) is 0 Å². The zero-order chi connectivity index (χ0) is 20.5. The standard InChI is InChI=1S/C22H26N2O4/c1-4-6-15-24(3)21(26)17-13-11-16(12-14-17)20(25)23-19-10-8-7-9-18(19)22(27)28-5-2/h7-14H,4-6,15H2,1-3H3,(H,23,25). The Hall–Kier alpha value is -3.15. The van der Waals surface area contributed by atoms with E-state index < -0.39 is 5.97 Å². The maximum Gasteiger partial charge on any atom is 0.340 e. The first kappa shape index (κ1) is 21.2. The number of unbranched alkanes of at least 4 members (excludes halogenated alkanes) is 1. The highest BCUT2D eigenvalue weighted by molar-refractivity contribution is 6.08. The third-order valence-corrected chi connectivity index (χ3v) is 4.26. The molecule has 0 saturated heterocycles. The van der Waals surface area contributed by atoms with Crippen LogP contribution in [0.25, 0.3) is 0 Å². The molecule has 6 heteroatoms. The van der Waals surface area contributed by atoms with Crippen molar-refractivity contribution in [2.24, 2.45) is 0 Å². The Bertz CT molecular complexity index is 831. The molecule has 0 aromatic heterocycles. The molecule has 0 fully saturated rings. The average molecular weight is 382 g/mol. The Kier molecular flexibility index (Phi) is 7.75. The van der Waals surface area contributed by atoms with Gasteiger partial charge in [-0.15, -0.1) is 0 Å². The molecule has 148 valence electrons. The normalized spacial score (nSPS) is 10.2. The lowest BCUT2D eigenvalue weighted by Gasteiger charge is -2.17. The highest BCUT2D eigenvalue weighted by Gasteiger charge is 2.16. The number of carbonyl (C=O) groups is 3. The van der Waals surface area contributed by atoms with Gasteiger partial charge in [-0.25, -0.2) is 4.79 Å². The summed E-state index contributed by atoms with van der Waals surface area (Å²) in [5, 5.41) is 2.73. The summed E-state index contributed by atoms with van der Waals surface area (Å²) >= 11 is 0. The summed E-state index contributed by atoms with van der Waals surface area (Å²) in [5.74, 6) is -0.933. The summed E-state index contributed by atoms with van der Waals surface area (Å²) < 4.78 is 5.02. The monoisotopic (exact) mass is 382 g/mol. The first-order chi connectivity index (χ1) is 13.5. The number of benzene rings is 2. The lowest BCUT2D eigenvalue weighted by molar-refractivity contribution is 0.0527. The van der Waals surface area contributed by atoms with E-state index in [2.05, 4.69) is 12.2 Å². The van der Waals surface area contributed by atoms with E-state index in [1.165, 1.54) is 0 Å². The van der Waals surface area contributed by atoms with Crippen molar-refractivity contribution < 1.29 is 19.1 Å². The van der Waals surface area contributed by atoms with E-state index in [0.717, 1.165) is 12.8 Å². The van der Waals surface area contributed by atoms with Gasteiger partial charge in [0.25, 0.3) is 11.8 Å². The van der Waals surface area contributed by atoms with Gasteiger partial charge in [-0.1, -0.05) is 25.5 Å². The maximum atomic E-state index is 12.5. The second-order valence-corrected chi connectivity index (χ2v) is 6.38. The van der Waals surface area contributed by atoms with Crippen molar-refractivity contribution in [1.29, 1.82) is 0 Å². The van der Waals surface area contributed by atoms with E-state index in [9.17, 15) is 14.4 Å². The van der Waals surface area contributed by atoms with E-state index in [4.69, 9.17) is 4.74 Å². The Balaban J connectivity index is 2.10. The molecule has 0 aliphatic heterocycles. The number of nitrogens with zero attached hydrogens (tertiary/aromatic N) is 1. The van der Waals surface area contributed by atoms with Crippen LogP contribution in [-0.2, 0) is 4.74 Å². The maximum absolute atomic E-state index is 12.5. The molecule has 0 aliphatic rings. The van der Waals surface area contributed by atoms with Crippen LogP contribution < -0.4 is 5.32 Å². The Morgan fingerprint density at radius 3 is 2.25 bits per heavy atom. The van der Waals surface area contributed by atoms with Crippen LogP contribution in [0.4, 0.5) is 5.69 Å². The molecular weight excluding hydrogens is 356 g/mol. The largest absolute Gasteiger partial charge is 0.462 e. The third-order valence-electron chi connectivity index (χ3n) is 4.26. The van der Waals surface area contributed by atoms with Crippen molar-refractivity contribution in [2.75, 3.05) is 25.5 Å². The van der Waals surface area contributed by atoms with Crippen LogP contribution in [0.5, 0.6) is 0 Å². The number of para-hydroxylation sites is 1. The molecular formula is C22H26N2O4. The SMILES string of the molecule is CCCCN(C)C(=O)c1ccc(C(=O)Nc2ccccc2C(=O)OCC)cc1. The van der Waals surface area contributed by atoms with Crippen LogP contribution in [0.1, 0.15) is 57.8 Å². The second-order valence-electron chi connectivity index (χ2n) is 6.38. The predicted molar refractivity (Wildman–Crippen MR) is 109 cm³/mol. The molecule has 28 heavy (non-hydrogen) atoms. The second kappa shape index (κ2) is 10.3. The molecule has 2 aromatic rings. The fourth-order valence-corrected chi connectivity index (χ4v) is 2.65. The van der Waals surface area contributed by atoms with Gasteiger partial charge in [0, 0.05) is 24.7 Å². The summed E-state index contributed by atoms with van der Waals surface area (Å²) in [5.41, 5.74) is 1.60. The topological polar surface area (TPSA) is 75.7 Å². The van der Waals surface area contributed by atoms with Gasteiger partial charge in [0.2, 0.25) is 0 Å². The molecule has 0 bridgehead atoms. The minimum Gasteiger partial charge on any atom is -0.462 e. The Morgan fingerprint density at radius 1 is 0.964 bits per heavy atom. The molecule has 0 atom stereocenters. The number of anilines is 1. The zero-order valence-electron chi connectivity index (χ0n) is 16.5. The number of ether oxygens (including phenoxy) is 1. The molecule has 0 heterocycles. The molecule has 0 aliphatic carbocycles. The smallest absolute Gasteiger partial charge is 0.340 e. The van der Waals surface area contributed by atoms with Gasteiger partial charge in [-0.05, 0) is 49.7 Å². The number of hydrogen-bond acceptors (Lipinski definition) is 4. The van der Waals surface area contributed by atoms with Gasteiger partial charge in [-0.3, -0.25) is 9.59 Å². The molecule has 0 unspecified atom stereocenters. The number of nitrogens with one attached hydrogen (secondary N) is 1. The number of rotatable bonds is 8. The molecule has 2 amide bonds. The summed E-state index contributed by atoms with van der Waals surface area (Å²) in [7, 11) is 1.77. The van der Waals surface area contributed by atoms with Gasteiger partial charge in [0.05, 0.1) is 17.9 Å². The summed E-state index contributed by atoms with van der Waals surface area (Å²) in [4.78, 5) is 38.6. The first-order valence-electron chi connectivity index (χ1n) is 9.41. The van der Waals surface area contributed by atoms with Crippen LogP contribution in [0.3, 0.4) is 0 Å². The van der Waals surface area contributed by atoms with Gasteiger partial charge in [0.1, 0.15) is 0 Å². The van der Waals surface area contributed by atoms with Crippen molar-refractivity contribution in [1.82, 2.24) is 4.90 Å². The molecule has 2 rings (SSSR count). The molecule has 1 N–H and O–H groups in total. The van der Waals surface area contributed by atoms with Gasteiger partial charge < -0.3 is 15.0 Å². The van der Waals surface area contributed by atoms with E-state index in [-0.39, 0.29) is 18.4 Å². The highest BCUT2D eigenvalue weighted by atomic mass is 16.5. The van der Waals surface area contributed by atoms with Crippen molar-refractivity contribution in [3.05, 3.63) is 65.2 Å². The van der Waals surface area contributed by atoms with Crippen LogP contribution in [0, 0.1) is 0 Å². The van der Waals surface area contributed by atoms with E-state index >= 15 is 0 Å². The van der Waals surface area contributed by atoms with Crippen LogP contribution in [0.2, 0.25) is 0 Å². The molecule has 2 aromatic carbocycles. The first-order valence-corrected chi connectivity index (χ1v) is 9.41.